The molecule has 0 saturated carbocycles. The standard InChI is InChI=1S/C5H5N.6FH2O3P/c1-2-4-6-5-3-1;6*1-5(2,3)4/h1-5H;6*(H2,2,3,4). The normalized spacial score (nSPS) is 11.2. The number of nitrogens with zero attached hydrogens (tertiary/aromatic N) is 1. The van der Waals surface area contributed by atoms with E-state index in [4.69, 9.17) is 86.1 Å². The number of rotatable bonds is 0. The molecule has 0 fully saturated rings. The fourth-order valence-corrected chi connectivity index (χ4v) is 0.313. The van der Waals surface area contributed by atoms with Crippen LogP contribution in [-0.2, 0) is 27.4 Å². The van der Waals surface area contributed by atoms with Crippen LogP contribution in [0.4, 0.5) is 25.2 Å². The molecule has 0 aliphatic carbocycles. The van der Waals surface area contributed by atoms with Crippen molar-refractivity contribution in [2.75, 3.05) is 0 Å². The summed E-state index contributed by atoms with van der Waals surface area (Å²) in [5.41, 5.74) is 0. The molecule has 1 rings (SSSR count). The Morgan fingerprint density at radius 3 is 0.500 bits per heavy atom. The second-order valence-corrected chi connectivity index (χ2v) is 9.54. The van der Waals surface area contributed by atoms with Gasteiger partial charge >= 0.3 is 47.4 Å². The largest absolute Gasteiger partial charge is 0.507 e. The molecule has 1 aromatic heterocycles. The van der Waals surface area contributed by atoms with Crippen LogP contribution >= 0.6 is 47.4 Å². The molecule has 36 heavy (non-hydrogen) atoms. The monoisotopic (exact) mass is 679 g/mol. The molecule has 1 heterocycles. The van der Waals surface area contributed by atoms with Gasteiger partial charge in [0.05, 0.1) is 0 Å². The zero-order valence-corrected chi connectivity index (χ0v) is 21.5. The zero-order valence-electron chi connectivity index (χ0n) is 16.1. The number of hydrogen-bond acceptors (Lipinski definition) is 7. The second kappa shape index (κ2) is 22.6. The first-order valence-electron chi connectivity index (χ1n) is 6.36. The molecule has 0 aromatic carbocycles. The Hall–Kier alpha value is -0.370. The predicted octanol–water partition coefficient (Wildman–Crippen LogP) is 1.37. The van der Waals surface area contributed by atoms with E-state index < -0.39 is 47.4 Å². The lowest BCUT2D eigenvalue weighted by Crippen LogP contribution is -1.58. The van der Waals surface area contributed by atoms with E-state index in [1.54, 1.807) is 12.4 Å². The lowest BCUT2D eigenvalue weighted by Gasteiger charge is -1.78. The first-order chi connectivity index (χ1) is 15.0. The van der Waals surface area contributed by atoms with Crippen molar-refractivity contribution < 1.29 is 111 Å². The molecular weight excluding hydrogens is 662 g/mol. The summed E-state index contributed by atoms with van der Waals surface area (Å²) >= 11 is 0. The van der Waals surface area contributed by atoms with Gasteiger partial charge in [0.25, 0.3) is 0 Å². The third kappa shape index (κ3) is 1130. The highest BCUT2D eigenvalue weighted by atomic mass is 31.2. The van der Waals surface area contributed by atoms with Gasteiger partial charge in [0.1, 0.15) is 0 Å². The third-order valence-electron chi connectivity index (χ3n) is 0.566. The number of halogens is 6. The Kier molecular flexibility index (Phi) is 30.6. The predicted molar refractivity (Wildman–Crippen MR) is 103 cm³/mol. The van der Waals surface area contributed by atoms with Crippen molar-refractivity contribution in [2.24, 2.45) is 0 Å². The molecule has 19 nitrogen and oxygen atoms in total. The van der Waals surface area contributed by atoms with Crippen LogP contribution in [0.1, 0.15) is 0 Å². The molecule has 0 radical (unpaired) electrons. The van der Waals surface area contributed by atoms with Gasteiger partial charge in [-0.2, -0.15) is 0 Å². The number of hydrogen-bond donors (Lipinski definition) is 12. The molecule has 0 saturated heterocycles. The molecule has 0 aliphatic rings. The summed E-state index contributed by atoms with van der Waals surface area (Å²) in [6.07, 6.45) is 3.50. The van der Waals surface area contributed by atoms with Crippen molar-refractivity contribution in [1.82, 2.24) is 4.98 Å². The molecule has 0 atom stereocenters. The SMILES string of the molecule is O=P(O)(O)F.O=P(O)(O)F.O=P(O)(O)F.O=P(O)(O)F.O=P(O)(O)F.O=P(O)(O)F.c1ccncc1. The van der Waals surface area contributed by atoms with Gasteiger partial charge in [0, 0.05) is 12.4 Å². The summed E-state index contributed by atoms with van der Waals surface area (Å²) in [5, 5.41) is 0. The van der Waals surface area contributed by atoms with E-state index in [1.807, 2.05) is 18.2 Å². The average Bonchev–Trinajstić information content (AvgIpc) is 2.37. The smallest absolute Gasteiger partial charge is 0.299 e. The Morgan fingerprint density at radius 1 is 0.361 bits per heavy atom. The topological polar surface area (TPSA) is 358 Å². The Balaban J connectivity index is -0.0000000731. The highest BCUT2D eigenvalue weighted by molar-refractivity contribution is 7.46. The van der Waals surface area contributed by atoms with Gasteiger partial charge in [-0.25, -0.2) is 27.4 Å². The van der Waals surface area contributed by atoms with Gasteiger partial charge in [-0.05, 0) is 12.1 Å². The molecule has 0 amide bonds. The fourth-order valence-electron chi connectivity index (χ4n) is 0.313. The van der Waals surface area contributed by atoms with Crippen molar-refractivity contribution in [2.45, 2.75) is 0 Å². The van der Waals surface area contributed by atoms with Crippen molar-refractivity contribution in [3.8, 4) is 0 Å². The molecule has 12 N–H and O–H groups in total. The van der Waals surface area contributed by atoms with Gasteiger partial charge < -0.3 is 0 Å². The van der Waals surface area contributed by atoms with Gasteiger partial charge in [-0.15, -0.1) is 25.2 Å². The summed E-state index contributed by atoms with van der Waals surface area (Å²) in [4.78, 5) is 87.4. The van der Waals surface area contributed by atoms with E-state index in [0.717, 1.165) is 0 Å². The van der Waals surface area contributed by atoms with E-state index in [-0.39, 0.29) is 0 Å². The van der Waals surface area contributed by atoms with Crippen LogP contribution < -0.4 is 0 Å². The number of pyridine rings is 1. The lowest BCUT2D eigenvalue weighted by atomic mass is 10.5. The molecule has 31 heteroatoms. The summed E-state index contributed by atoms with van der Waals surface area (Å²) in [6, 6.07) is 5.72. The summed E-state index contributed by atoms with van der Waals surface area (Å²) in [6.45, 7) is 0. The molecule has 0 spiro atoms. The lowest BCUT2D eigenvalue weighted by molar-refractivity contribution is 0.320. The Morgan fingerprint density at radius 2 is 0.472 bits per heavy atom. The van der Waals surface area contributed by atoms with E-state index in [9.17, 15) is 25.2 Å². The second-order valence-electron chi connectivity index (χ2n) is 3.86. The van der Waals surface area contributed by atoms with Gasteiger partial charge in [-0.1, -0.05) is 6.07 Å². The Labute approximate surface area is 195 Å². The van der Waals surface area contributed by atoms with Crippen LogP contribution in [0.5, 0.6) is 0 Å². The first kappa shape index (κ1) is 48.7. The molecule has 0 unspecified atom stereocenters. The van der Waals surface area contributed by atoms with E-state index >= 15 is 0 Å². The maximum absolute atomic E-state index is 10.4. The van der Waals surface area contributed by atoms with Gasteiger partial charge in [0.2, 0.25) is 0 Å². The molecule has 0 aliphatic heterocycles. The first-order valence-corrected chi connectivity index (χ1v) is 15.4. The van der Waals surface area contributed by atoms with E-state index in [0.29, 0.717) is 0 Å². The van der Waals surface area contributed by atoms with E-state index in [1.165, 1.54) is 0 Å². The zero-order chi connectivity index (χ0) is 31.2. The maximum Gasteiger partial charge on any atom is 0.507 e. The van der Waals surface area contributed by atoms with Crippen molar-refractivity contribution in [3.05, 3.63) is 30.6 Å². The number of aromatic nitrogens is 1. The minimum Gasteiger partial charge on any atom is -0.299 e. The summed E-state index contributed by atoms with van der Waals surface area (Å²) < 4.78 is 114. The van der Waals surface area contributed by atoms with Crippen LogP contribution in [-0.4, -0.2) is 63.7 Å². The minimum atomic E-state index is -5.14. The van der Waals surface area contributed by atoms with E-state index in [2.05, 4.69) is 4.98 Å². The minimum absolute atomic E-state index is 1.75. The van der Waals surface area contributed by atoms with Crippen LogP contribution in [0, 0.1) is 0 Å². The molecule has 0 bridgehead atoms. The average molecular weight is 679 g/mol. The highest BCUT2D eigenvalue weighted by Gasteiger charge is 2.06. The maximum atomic E-state index is 10.4. The van der Waals surface area contributed by atoms with Crippen LogP contribution in [0.15, 0.2) is 30.6 Å². The fraction of sp³-hybridized carbons (Fsp3) is 0. The van der Waals surface area contributed by atoms with Crippen molar-refractivity contribution in [3.63, 3.8) is 0 Å². The molecule has 222 valence electrons. The van der Waals surface area contributed by atoms with Crippen molar-refractivity contribution in [1.29, 1.82) is 0 Å². The summed E-state index contributed by atoms with van der Waals surface area (Å²) in [5.74, 6) is 0. The van der Waals surface area contributed by atoms with Crippen molar-refractivity contribution >= 4 is 47.4 Å². The molecule has 1 aromatic rings. The highest BCUT2D eigenvalue weighted by Crippen LogP contribution is 2.37. The Bertz CT molecular complexity index is 684. The van der Waals surface area contributed by atoms with Crippen LogP contribution in [0.2, 0.25) is 0 Å². The van der Waals surface area contributed by atoms with Gasteiger partial charge in [-0.3, -0.25) is 63.7 Å². The third-order valence-corrected chi connectivity index (χ3v) is 0.566. The van der Waals surface area contributed by atoms with Crippen LogP contribution in [0.3, 0.4) is 0 Å². The molecular formula is C5H17F6NO18P6. The van der Waals surface area contributed by atoms with Gasteiger partial charge in [0.15, 0.2) is 0 Å². The quantitative estimate of drug-likeness (QED) is 0.136. The summed E-state index contributed by atoms with van der Waals surface area (Å²) in [7, 11) is -30.8. The van der Waals surface area contributed by atoms with Crippen LogP contribution in [0.25, 0.3) is 0 Å².